The lowest BCUT2D eigenvalue weighted by Gasteiger charge is -1.93. The number of alkyl halides is 3. The zero-order valence-electron chi connectivity index (χ0n) is 3.94. The first kappa shape index (κ1) is 7.27. The van der Waals surface area contributed by atoms with Crippen molar-refractivity contribution in [2.24, 2.45) is 0 Å². The summed E-state index contributed by atoms with van der Waals surface area (Å²) in [6, 6.07) is 0. The smallest absolute Gasteiger partial charge is 0.167 e. The lowest BCUT2D eigenvalue weighted by molar-refractivity contribution is -0.0798. The molecule has 0 rings (SSSR count). The Morgan fingerprint density at radius 2 is 1.75 bits per heavy atom. The van der Waals surface area contributed by atoms with Gasteiger partial charge in [-0.2, -0.15) is 13.2 Å². The van der Waals surface area contributed by atoms with Crippen molar-refractivity contribution in [2.45, 2.75) is 6.18 Å². The van der Waals surface area contributed by atoms with Crippen molar-refractivity contribution in [3.63, 3.8) is 0 Å². The zero-order chi connectivity index (χ0) is 6.62. The van der Waals surface area contributed by atoms with Crippen molar-refractivity contribution >= 4 is 0 Å². The number of hydrogen-bond donors (Lipinski definition) is 0. The van der Waals surface area contributed by atoms with Gasteiger partial charge in [0.2, 0.25) is 0 Å². The average Bonchev–Trinajstić information content (AvgIpc) is 1.59. The van der Waals surface area contributed by atoms with Gasteiger partial charge < -0.3 is 0 Å². The van der Waals surface area contributed by atoms with Crippen LogP contribution >= 0.6 is 0 Å². The minimum atomic E-state index is -4.24. The summed E-state index contributed by atoms with van der Waals surface area (Å²) in [6.45, 7) is 4.62. The summed E-state index contributed by atoms with van der Waals surface area (Å²) in [5.41, 5.74) is 0. The van der Waals surface area contributed by atoms with Crippen LogP contribution < -0.4 is 0 Å². The van der Waals surface area contributed by atoms with Crippen LogP contribution in [0.2, 0.25) is 0 Å². The fraction of sp³-hybridized carbons (Fsp3) is 0.200. The summed E-state index contributed by atoms with van der Waals surface area (Å²) in [7, 11) is 0. The highest BCUT2D eigenvalue weighted by atomic mass is 19.4. The Hall–Kier alpha value is -0.730. The summed E-state index contributed by atoms with van der Waals surface area (Å²) >= 11 is 0. The standard InChI is InChI=1S/C5H4F3/c1-2-3-4-5(6,7)8/h1-4H. The Labute approximate surface area is 45.3 Å². The summed E-state index contributed by atoms with van der Waals surface area (Å²) in [6.07, 6.45) is -2.61. The van der Waals surface area contributed by atoms with Crippen LogP contribution in [0.1, 0.15) is 0 Å². The van der Waals surface area contributed by atoms with Gasteiger partial charge in [-0.25, -0.2) is 0 Å². The first-order valence-electron chi connectivity index (χ1n) is 1.86. The minimum absolute atomic E-state index is 0.0625. The number of rotatable bonds is 1. The predicted octanol–water partition coefficient (Wildman–Crippen LogP) is 2.09. The Morgan fingerprint density at radius 1 is 1.25 bits per heavy atom. The Morgan fingerprint density at radius 3 is 1.88 bits per heavy atom. The van der Waals surface area contributed by atoms with Gasteiger partial charge >= 0.3 is 6.18 Å². The number of hydrogen-bond acceptors (Lipinski definition) is 0. The van der Waals surface area contributed by atoms with Gasteiger partial charge in [0, 0.05) is 6.08 Å². The molecule has 0 aromatic carbocycles. The maximum absolute atomic E-state index is 11.1. The SMILES string of the molecule is [CH]=CC=CC(F)(F)F. The van der Waals surface area contributed by atoms with E-state index >= 15 is 0 Å². The summed E-state index contributed by atoms with van der Waals surface area (Å²) < 4.78 is 33.2. The minimum Gasteiger partial charge on any atom is -0.167 e. The van der Waals surface area contributed by atoms with Gasteiger partial charge in [0.25, 0.3) is 0 Å². The molecule has 0 saturated heterocycles. The van der Waals surface area contributed by atoms with Gasteiger partial charge in [0.1, 0.15) is 0 Å². The summed E-state index contributed by atoms with van der Waals surface area (Å²) in [5.74, 6) is 0. The number of halogens is 3. The van der Waals surface area contributed by atoms with Crippen molar-refractivity contribution < 1.29 is 13.2 Å². The molecule has 0 spiro atoms. The molecule has 0 bridgehead atoms. The van der Waals surface area contributed by atoms with Gasteiger partial charge in [-0.05, 0) is 0 Å². The molecule has 0 aliphatic heterocycles. The van der Waals surface area contributed by atoms with Crippen molar-refractivity contribution in [1.29, 1.82) is 0 Å². The predicted molar refractivity (Wildman–Crippen MR) is 24.1 cm³/mol. The topological polar surface area (TPSA) is 0 Å². The Kier molecular flexibility index (Phi) is 2.31. The first-order chi connectivity index (χ1) is 3.56. The zero-order valence-corrected chi connectivity index (χ0v) is 3.94. The molecule has 0 aromatic heterocycles. The van der Waals surface area contributed by atoms with Crippen molar-refractivity contribution in [1.82, 2.24) is 0 Å². The maximum Gasteiger partial charge on any atom is 0.409 e. The quantitative estimate of drug-likeness (QED) is 0.466. The van der Waals surface area contributed by atoms with Crippen LogP contribution in [0.25, 0.3) is 0 Å². The van der Waals surface area contributed by atoms with Crippen LogP contribution in [0.3, 0.4) is 0 Å². The van der Waals surface area contributed by atoms with Crippen LogP contribution in [0.15, 0.2) is 18.2 Å². The van der Waals surface area contributed by atoms with E-state index in [1.165, 1.54) is 0 Å². The molecule has 0 fully saturated rings. The fourth-order valence-corrected chi connectivity index (χ4v) is 0.165. The van der Waals surface area contributed by atoms with Crippen molar-refractivity contribution in [3.05, 3.63) is 24.8 Å². The van der Waals surface area contributed by atoms with E-state index in [2.05, 4.69) is 6.58 Å². The van der Waals surface area contributed by atoms with E-state index in [0.29, 0.717) is 0 Å². The first-order valence-corrected chi connectivity index (χ1v) is 1.86. The normalized spacial score (nSPS) is 12.4. The molecule has 0 unspecified atom stereocenters. The third-order valence-electron chi connectivity index (χ3n) is 0.396. The highest BCUT2D eigenvalue weighted by Gasteiger charge is 2.20. The van der Waals surface area contributed by atoms with E-state index in [0.717, 1.165) is 12.2 Å². The lowest BCUT2D eigenvalue weighted by Crippen LogP contribution is -1.99. The third kappa shape index (κ3) is 5.27. The lowest BCUT2D eigenvalue weighted by atomic mass is 10.5. The van der Waals surface area contributed by atoms with E-state index < -0.39 is 6.18 Å². The second kappa shape index (κ2) is 2.55. The van der Waals surface area contributed by atoms with Gasteiger partial charge in [-0.1, -0.05) is 18.7 Å². The van der Waals surface area contributed by atoms with E-state index in [1.54, 1.807) is 0 Å². The highest BCUT2D eigenvalue weighted by Crippen LogP contribution is 2.15. The molecular weight excluding hydrogens is 117 g/mol. The molecule has 45 valence electrons. The van der Waals surface area contributed by atoms with Gasteiger partial charge in [0.15, 0.2) is 0 Å². The summed E-state index contributed by atoms with van der Waals surface area (Å²) in [5, 5.41) is 0. The fourth-order valence-electron chi connectivity index (χ4n) is 0.165. The third-order valence-corrected chi connectivity index (χ3v) is 0.396. The van der Waals surface area contributed by atoms with Crippen LogP contribution in [0.5, 0.6) is 0 Å². The van der Waals surface area contributed by atoms with E-state index in [9.17, 15) is 13.2 Å². The molecule has 0 saturated carbocycles. The second-order valence-corrected chi connectivity index (χ2v) is 1.09. The van der Waals surface area contributed by atoms with Gasteiger partial charge in [-0.15, -0.1) is 0 Å². The molecule has 0 aliphatic rings. The van der Waals surface area contributed by atoms with Crippen LogP contribution in [0.4, 0.5) is 13.2 Å². The average molecular weight is 121 g/mol. The molecule has 1 radical (unpaired) electrons. The molecule has 8 heavy (non-hydrogen) atoms. The van der Waals surface area contributed by atoms with E-state index in [1.807, 2.05) is 0 Å². The van der Waals surface area contributed by atoms with Crippen molar-refractivity contribution in [3.8, 4) is 0 Å². The molecule has 0 N–H and O–H groups in total. The molecule has 3 heteroatoms. The molecule has 0 atom stereocenters. The van der Waals surface area contributed by atoms with Crippen LogP contribution in [-0.4, -0.2) is 6.18 Å². The van der Waals surface area contributed by atoms with Gasteiger partial charge in [-0.3, -0.25) is 0 Å². The highest BCUT2D eigenvalue weighted by molar-refractivity contribution is 4.99. The number of allylic oxidation sites excluding steroid dienone is 3. The molecule has 0 amide bonds. The van der Waals surface area contributed by atoms with Crippen LogP contribution in [0, 0.1) is 6.58 Å². The monoisotopic (exact) mass is 121 g/mol. The summed E-state index contributed by atoms with van der Waals surface area (Å²) in [4.78, 5) is 0. The molecular formula is C5H4F3. The van der Waals surface area contributed by atoms with Crippen molar-refractivity contribution in [2.75, 3.05) is 0 Å². The largest absolute Gasteiger partial charge is 0.409 e. The second-order valence-electron chi connectivity index (χ2n) is 1.09. The molecule has 0 nitrogen and oxygen atoms in total. The molecule has 0 aromatic rings. The Bertz CT molecular complexity index is 98.7. The van der Waals surface area contributed by atoms with Gasteiger partial charge in [0.05, 0.1) is 0 Å². The molecule has 0 heterocycles. The molecule has 0 aliphatic carbocycles. The Balaban J connectivity index is 3.69. The maximum atomic E-state index is 11.1. The van der Waals surface area contributed by atoms with E-state index in [4.69, 9.17) is 0 Å². The van der Waals surface area contributed by atoms with E-state index in [-0.39, 0.29) is 6.08 Å². The van der Waals surface area contributed by atoms with Crippen LogP contribution in [-0.2, 0) is 0 Å².